The summed E-state index contributed by atoms with van der Waals surface area (Å²) >= 11 is 0. The van der Waals surface area contributed by atoms with Crippen LogP contribution in [0, 0.1) is 0 Å². The number of nitrogens with zero attached hydrogens (tertiary/aromatic N) is 1. The Labute approximate surface area is 163 Å². The van der Waals surface area contributed by atoms with Crippen molar-refractivity contribution in [3.63, 3.8) is 0 Å². The summed E-state index contributed by atoms with van der Waals surface area (Å²) in [6.07, 6.45) is 1.66. The number of fused-ring (bicyclic) bond motifs is 1. The Kier molecular flexibility index (Phi) is 4.81. The molecular formula is C23H20N2O3. The van der Waals surface area contributed by atoms with E-state index < -0.39 is 6.03 Å². The van der Waals surface area contributed by atoms with E-state index in [0.717, 1.165) is 21.9 Å². The fourth-order valence-corrected chi connectivity index (χ4v) is 3.32. The minimum Gasteiger partial charge on any atom is -0.488 e. The molecule has 0 aromatic heterocycles. The molecular weight excluding hydrogens is 352 g/mol. The number of ether oxygens (including phenoxy) is 1. The highest BCUT2D eigenvalue weighted by Crippen LogP contribution is 2.25. The van der Waals surface area contributed by atoms with Crippen LogP contribution >= 0.6 is 0 Å². The van der Waals surface area contributed by atoms with Gasteiger partial charge < -0.3 is 10.1 Å². The number of urea groups is 1. The minimum absolute atomic E-state index is 0.257. The van der Waals surface area contributed by atoms with E-state index in [4.69, 9.17) is 4.74 Å². The Hall–Kier alpha value is -3.60. The molecule has 0 aliphatic carbocycles. The molecule has 0 atom stereocenters. The van der Waals surface area contributed by atoms with E-state index in [1.165, 1.54) is 4.90 Å². The van der Waals surface area contributed by atoms with Crippen molar-refractivity contribution in [2.45, 2.75) is 13.5 Å². The molecule has 0 spiro atoms. The summed E-state index contributed by atoms with van der Waals surface area (Å²) in [6, 6.07) is 21.4. The predicted molar refractivity (Wildman–Crippen MR) is 109 cm³/mol. The third kappa shape index (κ3) is 3.34. The summed E-state index contributed by atoms with van der Waals surface area (Å²) in [6.45, 7) is 2.51. The third-order valence-corrected chi connectivity index (χ3v) is 4.76. The standard InChI is InChI=1S/C23H20N2O3/c1-2-25-22(26)20(24-23(25)27)14-17-9-4-6-13-21(17)28-15-18-11-7-10-16-8-3-5-12-19(16)18/h3-14H,2,15H2,1H3,(H,24,27)/b20-14+. The molecule has 0 unspecified atom stereocenters. The average molecular weight is 372 g/mol. The number of nitrogens with one attached hydrogen (secondary N) is 1. The number of hydrogen-bond acceptors (Lipinski definition) is 3. The molecule has 0 bridgehead atoms. The largest absolute Gasteiger partial charge is 0.488 e. The van der Waals surface area contributed by atoms with Crippen LogP contribution in [0.3, 0.4) is 0 Å². The van der Waals surface area contributed by atoms with E-state index in [1.54, 1.807) is 13.0 Å². The van der Waals surface area contributed by atoms with Crippen molar-refractivity contribution in [1.82, 2.24) is 10.2 Å². The Morgan fingerprint density at radius 2 is 1.71 bits per heavy atom. The van der Waals surface area contributed by atoms with Crippen LogP contribution in [-0.4, -0.2) is 23.4 Å². The first-order chi connectivity index (χ1) is 13.7. The number of rotatable bonds is 5. The zero-order valence-corrected chi connectivity index (χ0v) is 15.5. The molecule has 5 heteroatoms. The molecule has 0 saturated carbocycles. The highest BCUT2D eigenvalue weighted by atomic mass is 16.5. The number of imide groups is 1. The van der Waals surface area contributed by atoms with Gasteiger partial charge in [0, 0.05) is 12.1 Å². The Morgan fingerprint density at radius 1 is 0.964 bits per heavy atom. The molecule has 1 aliphatic heterocycles. The number of likely N-dealkylation sites (N-methyl/N-ethyl adjacent to an activating group) is 1. The molecule has 0 radical (unpaired) electrons. The van der Waals surface area contributed by atoms with E-state index in [2.05, 4.69) is 23.5 Å². The van der Waals surface area contributed by atoms with Gasteiger partial charge >= 0.3 is 6.03 Å². The zero-order valence-electron chi connectivity index (χ0n) is 15.5. The smallest absolute Gasteiger partial charge is 0.328 e. The number of benzene rings is 3. The normalized spacial score (nSPS) is 15.3. The predicted octanol–water partition coefficient (Wildman–Crippen LogP) is 4.33. The van der Waals surface area contributed by atoms with Gasteiger partial charge in [-0.2, -0.15) is 0 Å². The summed E-state index contributed by atoms with van der Waals surface area (Å²) < 4.78 is 6.07. The first-order valence-electron chi connectivity index (χ1n) is 9.20. The van der Waals surface area contributed by atoms with Gasteiger partial charge in [0.1, 0.15) is 18.1 Å². The monoisotopic (exact) mass is 372 g/mol. The van der Waals surface area contributed by atoms with Crippen LogP contribution in [0.1, 0.15) is 18.1 Å². The molecule has 1 N–H and O–H groups in total. The number of carbonyl (C=O) groups excluding carboxylic acids is 2. The summed E-state index contributed by atoms with van der Waals surface area (Å²) in [5.74, 6) is 0.330. The van der Waals surface area contributed by atoms with E-state index >= 15 is 0 Å². The van der Waals surface area contributed by atoms with Crippen molar-refractivity contribution >= 4 is 28.8 Å². The molecule has 1 heterocycles. The molecule has 3 aromatic rings. The van der Waals surface area contributed by atoms with Crippen LogP contribution in [0.4, 0.5) is 4.79 Å². The molecule has 3 amide bonds. The molecule has 28 heavy (non-hydrogen) atoms. The molecule has 5 nitrogen and oxygen atoms in total. The molecule has 1 aliphatic rings. The van der Waals surface area contributed by atoms with Crippen LogP contribution in [0.25, 0.3) is 16.8 Å². The molecule has 4 rings (SSSR count). The van der Waals surface area contributed by atoms with Crippen LogP contribution in [0.5, 0.6) is 5.75 Å². The van der Waals surface area contributed by atoms with Crippen molar-refractivity contribution in [2.24, 2.45) is 0 Å². The van der Waals surface area contributed by atoms with Gasteiger partial charge in [-0.1, -0.05) is 60.7 Å². The lowest BCUT2D eigenvalue weighted by atomic mass is 10.1. The highest BCUT2D eigenvalue weighted by molar-refractivity contribution is 6.14. The van der Waals surface area contributed by atoms with Crippen molar-refractivity contribution < 1.29 is 14.3 Å². The highest BCUT2D eigenvalue weighted by Gasteiger charge is 2.32. The summed E-state index contributed by atoms with van der Waals surface area (Å²) in [5.41, 5.74) is 2.08. The maximum atomic E-state index is 12.3. The second-order valence-electron chi connectivity index (χ2n) is 6.50. The summed E-state index contributed by atoms with van der Waals surface area (Å²) in [5, 5.41) is 4.94. The lowest BCUT2D eigenvalue weighted by molar-refractivity contribution is -0.122. The fraction of sp³-hybridized carbons (Fsp3) is 0.130. The van der Waals surface area contributed by atoms with Gasteiger partial charge in [-0.15, -0.1) is 0 Å². The minimum atomic E-state index is -0.395. The van der Waals surface area contributed by atoms with Gasteiger partial charge in [0.25, 0.3) is 5.91 Å². The number of amides is 3. The molecule has 3 aromatic carbocycles. The molecule has 1 saturated heterocycles. The first kappa shape index (κ1) is 17.8. The zero-order chi connectivity index (χ0) is 19.5. The Balaban J connectivity index is 1.60. The van der Waals surface area contributed by atoms with Gasteiger partial charge in [-0.05, 0) is 35.4 Å². The van der Waals surface area contributed by atoms with Crippen molar-refractivity contribution in [2.75, 3.05) is 6.54 Å². The van der Waals surface area contributed by atoms with Crippen LogP contribution in [0.15, 0.2) is 72.4 Å². The summed E-state index contributed by atoms with van der Waals surface area (Å²) in [7, 11) is 0. The quantitative estimate of drug-likeness (QED) is 0.536. The second kappa shape index (κ2) is 7.56. The topological polar surface area (TPSA) is 58.6 Å². The van der Waals surface area contributed by atoms with Gasteiger partial charge in [-0.25, -0.2) is 4.79 Å². The van der Waals surface area contributed by atoms with Gasteiger partial charge in [0.2, 0.25) is 0 Å². The van der Waals surface area contributed by atoms with Crippen molar-refractivity contribution in [3.05, 3.63) is 83.6 Å². The average Bonchev–Trinajstić information content (AvgIpc) is 2.99. The first-order valence-corrected chi connectivity index (χ1v) is 9.20. The number of carbonyl (C=O) groups is 2. The second-order valence-corrected chi connectivity index (χ2v) is 6.50. The Morgan fingerprint density at radius 3 is 2.54 bits per heavy atom. The van der Waals surface area contributed by atoms with E-state index in [9.17, 15) is 9.59 Å². The lowest BCUT2D eigenvalue weighted by Gasteiger charge is -2.11. The van der Waals surface area contributed by atoms with E-state index in [0.29, 0.717) is 18.9 Å². The maximum absolute atomic E-state index is 12.3. The maximum Gasteiger partial charge on any atom is 0.328 e. The molecule has 1 fully saturated rings. The fourth-order valence-electron chi connectivity index (χ4n) is 3.32. The number of para-hydroxylation sites is 1. The van der Waals surface area contributed by atoms with E-state index in [-0.39, 0.29) is 11.6 Å². The van der Waals surface area contributed by atoms with Crippen molar-refractivity contribution in [3.8, 4) is 5.75 Å². The molecule has 140 valence electrons. The van der Waals surface area contributed by atoms with Crippen molar-refractivity contribution in [1.29, 1.82) is 0 Å². The van der Waals surface area contributed by atoms with E-state index in [1.807, 2.05) is 48.5 Å². The van der Waals surface area contributed by atoms with Crippen LogP contribution in [0.2, 0.25) is 0 Å². The summed E-state index contributed by atoms with van der Waals surface area (Å²) in [4.78, 5) is 25.4. The van der Waals surface area contributed by atoms with Gasteiger partial charge in [-0.3, -0.25) is 9.69 Å². The van der Waals surface area contributed by atoms with Crippen LogP contribution in [-0.2, 0) is 11.4 Å². The third-order valence-electron chi connectivity index (χ3n) is 4.76. The van der Waals surface area contributed by atoms with Gasteiger partial charge in [0.15, 0.2) is 0 Å². The lowest BCUT2D eigenvalue weighted by Crippen LogP contribution is -2.30. The van der Waals surface area contributed by atoms with Crippen LogP contribution < -0.4 is 10.1 Å². The van der Waals surface area contributed by atoms with Gasteiger partial charge in [0.05, 0.1) is 0 Å². The Bertz CT molecular complexity index is 1080. The SMILES string of the molecule is CCN1C(=O)N/C(=C/c2ccccc2OCc2cccc3ccccc23)C1=O. The number of hydrogen-bond donors (Lipinski definition) is 1.